The highest BCUT2D eigenvalue weighted by atomic mass is 16.5. The van der Waals surface area contributed by atoms with Crippen LogP contribution in [0.2, 0.25) is 0 Å². The molecule has 1 atom stereocenters. The molecule has 1 heterocycles. The molecule has 0 spiro atoms. The molecule has 21 heavy (non-hydrogen) atoms. The lowest BCUT2D eigenvalue weighted by molar-refractivity contribution is 0.114. The van der Waals surface area contributed by atoms with E-state index < -0.39 is 0 Å². The van der Waals surface area contributed by atoms with E-state index in [0.29, 0.717) is 6.61 Å². The number of para-hydroxylation sites is 1. The highest BCUT2D eigenvalue weighted by molar-refractivity contribution is 5.61. The monoisotopic (exact) mass is 288 g/mol. The lowest BCUT2D eigenvalue weighted by Gasteiger charge is -2.17. The molecule has 0 bridgehead atoms. The van der Waals surface area contributed by atoms with Crippen molar-refractivity contribution >= 4 is 6.08 Å². The molecule has 0 fully saturated rings. The van der Waals surface area contributed by atoms with Gasteiger partial charge in [0.1, 0.15) is 0 Å². The van der Waals surface area contributed by atoms with Gasteiger partial charge in [-0.25, -0.2) is 0 Å². The van der Waals surface area contributed by atoms with Gasteiger partial charge in [0.25, 0.3) is 0 Å². The van der Waals surface area contributed by atoms with Gasteiger partial charge in [-0.2, -0.15) is 0 Å². The number of ether oxygens (including phenoxy) is 3. The smallest absolute Gasteiger partial charge is 0.168 e. The second-order valence-corrected chi connectivity index (χ2v) is 5.34. The normalized spacial score (nSPS) is 17.2. The standard InChI is InChI=1S/C18H24O3/c1-4-15-8-5-11-17(18(15)21-14(2)3)20-13-7-10-16-9-6-12-19-16/h4-6,8-9,11,14,16H,1,7,10,12-13H2,2-3H3/t16-/m0/s1. The lowest BCUT2D eigenvalue weighted by atomic mass is 10.1. The molecular formula is C18H24O3. The van der Waals surface area contributed by atoms with E-state index in [1.807, 2.05) is 32.0 Å². The molecule has 3 nitrogen and oxygen atoms in total. The summed E-state index contributed by atoms with van der Waals surface area (Å²) in [7, 11) is 0. The van der Waals surface area contributed by atoms with Gasteiger partial charge in [0.2, 0.25) is 0 Å². The summed E-state index contributed by atoms with van der Waals surface area (Å²) in [5.41, 5.74) is 0.961. The predicted octanol–water partition coefficient (Wildman–Crippen LogP) is 4.23. The van der Waals surface area contributed by atoms with Gasteiger partial charge in [-0.05, 0) is 32.8 Å². The molecule has 1 aromatic rings. The first-order valence-electron chi connectivity index (χ1n) is 7.54. The van der Waals surface area contributed by atoms with Gasteiger partial charge in [-0.3, -0.25) is 0 Å². The van der Waals surface area contributed by atoms with E-state index in [1.54, 1.807) is 6.08 Å². The van der Waals surface area contributed by atoms with E-state index in [2.05, 4.69) is 18.7 Å². The number of hydrogen-bond acceptors (Lipinski definition) is 3. The molecule has 0 N–H and O–H groups in total. The zero-order valence-electron chi connectivity index (χ0n) is 12.9. The largest absolute Gasteiger partial charge is 0.490 e. The first kappa shape index (κ1) is 15.6. The summed E-state index contributed by atoms with van der Waals surface area (Å²) in [4.78, 5) is 0. The molecule has 3 heteroatoms. The summed E-state index contributed by atoms with van der Waals surface area (Å²) in [6.07, 6.45) is 8.26. The molecule has 0 aromatic heterocycles. The molecule has 0 saturated carbocycles. The van der Waals surface area contributed by atoms with E-state index in [1.165, 1.54) is 0 Å². The molecular weight excluding hydrogens is 264 g/mol. The van der Waals surface area contributed by atoms with Crippen LogP contribution in [-0.4, -0.2) is 25.4 Å². The Balaban J connectivity index is 1.91. The predicted molar refractivity (Wildman–Crippen MR) is 85.9 cm³/mol. The number of hydrogen-bond donors (Lipinski definition) is 0. The molecule has 1 aliphatic rings. The molecule has 0 unspecified atom stereocenters. The Labute approximate surface area is 127 Å². The Morgan fingerprint density at radius 1 is 1.43 bits per heavy atom. The Morgan fingerprint density at radius 2 is 2.29 bits per heavy atom. The van der Waals surface area contributed by atoms with Crippen molar-refractivity contribution in [3.63, 3.8) is 0 Å². The van der Waals surface area contributed by atoms with E-state index >= 15 is 0 Å². The summed E-state index contributed by atoms with van der Waals surface area (Å²) in [6.45, 7) is 9.23. The average molecular weight is 288 g/mol. The second-order valence-electron chi connectivity index (χ2n) is 5.34. The van der Waals surface area contributed by atoms with Crippen molar-refractivity contribution in [1.29, 1.82) is 0 Å². The van der Waals surface area contributed by atoms with Crippen molar-refractivity contribution in [1.82, 2.24) is 0 Å². The van der Waals surface area contributed by atoms with Crippen molar-refractivity contribution in [2.24, 2.45) is 0 Å². The topological polar surface area (TPSA) is 27.7 Å². The zero-order valence-corrected chi connectivity index (χ0v) is 12.9. The van der Waals surface area contributed by atoms with E-state index in [4.69, 9.17) is 14.2 Å². The van der Waals surface area contributed by atoms with Crippen LogP contribution in [0.5, 0.6) is 11.5 Å². The van der Waals surface area contributed by atoms with Crippen LogP contribution in [0.3, 0.4) is 0 Å². The highest BCUT2D eigenvalue weighted by Gasteiger charge is 2.12. The van der Waals surface area contributed by atoms with Crippen molar-refractivity contribution in [2.75, 3.05) is 13.2 Å². The summed E-state index contributed by atoms with van der Waals surface area (Å²) >= 11 is 0. The first-order valence-corrected chi connectivity index (χ1v) is 7.54. The Kier molecular flexibility index (Phi) is 5.88. The maximum absolute atomic E-state index is 5.89. The van der Waals surface area contributed by atoms with Crippen molar-refractivity contribution < 1.29 is 14.2 Å². The fourth-order valence-corrected chi connectivity index (χ4v) is 2.26. The minimum Gasteiger partial charge on any atom is -0.490 e. The van der Waals surface area contributed by atoms with E-state index in [-0.39, 0.29) is 12.2 Å². The highest BCUT2D eigenvalue weighted by Crippen LogP contribution is 2.33. The van der Waals surface area contributed by atoms with Gasteiger partial charge < -0.3 is 14.2 Å². The first-order chi connectivity index (χ1) is 10.2. The van der Waals surface area contributed by atoms with Crippen LogP contribution in [0.25, 0.3) is 6.08 Å². The van der Waals surface area contributed by atoms with Crippen LogP contribution in [0.4, 0.5) is 0 Å². The third-order valence-electron chi connectivity index (χ3n) is 3.23. The summed E-state index contributed by atoms with van der Waals surface area (Å²) in [5.74, 6) is 1.56. The quantitative estimate of drug-likeness (QED) is 0.529. The van der Waals surface area contributed by atoms with Crippen molar-refractivity contribution in [3.05, 3.63) is 42.5 Å². The number of rotatable bonds is 8. The molecule has 1 aliphatic heterocycles. The minimum absolute atomic E-state index is 0.102. The summed E-state index contributed by atoms with van der Waals surface area (Å²) < 4.78 is 17.3. The minimum atomic E-state index is 0.102. The van der Waals surface area contributed by atoms with Gasteiger partial charge in [0.05, 0.1) is 25.4 Å². The van der Waals surface area contributed by atoms with E-state index in [0.717, 1.165) is 36.5 Å². The van der Waals surface area contributed by atoms with Gasteiger partial charge in [0.15, 0.2) is 11.5 Å². The number of benzene rings is 1. The zero-order chi connectivity index (χ0) is 15.1. The van der Waals surface area contributed by atoms with Crippen molar-refractivity contribution in [3.8, 4) is 11.5 Å². The Hall–Kier alpha value is -1.74. The van der Waals surface area contributed by atoms with Crippen LogP contribution in [-0.2, 0) is 4.74 Å². The Morgan fingerprint density at radius 3 is 2.95 bits per heavy atom. The third-order valence-corrected chi connectivity index (χ3v) is 3.23. The molecule has 0 aliphatic carbocycles. The summed E-state index contributed by atoms with van der Waals surface area (Å²) in [5, 5.41) is 0. The second kappa shape index (κ2) is 7.89. The Bertz CT molecular complexity index is 491. The van der Waals surface area contributed by atoms with Crippen LogP contribution >= 0.6 is 0 Å². The average Bonchev–Trinajstić information content (AvgIpc) is 2.97. The molecule has 0 saturated heterocycles. The van der Waals surface area contributed by atoms with Crippen LogP contribution in [0, 0.1) is 0 Å². The molecule has 2 rings (SSSR count). The van der Waals surface area contributed by atoms with Gasteiger partial charge in [-0.1, -0.05) is 36.9 Å². The SMILES string of the molecule is C=Cc1cccc(OCCC[C@@H]2C=CCO2)c1OC(C)C. The van der Waals surface area contributed by atoms with Crippen LogP contribution in [0.1, 0.15) is 32.3 Å². The molecule has 0 radical (unpaired) electrons. The van der Waals surface area contributed by atoms with Gasteiger partial charge in [0, 0.05) is 5.56 Å². The molecule has 0 amide bonds. The lowest BCUT2D eigenvalue weighted by Crippen LogP contribution is -2.10. The third kappa shape index (κ3) is 4.64. The fourth-order valence-electron chi connectivity index (χ4n) is 2.26. The molecule has 114 valence electrons. The fraction of sp³-hybridized carbons (Fsp3) is 0.444. The maximum Gasteiger partial charge on any atom is 0.168 e. The maximum atomic E-state index is 5.89. The van der Waals surface area contributed by atoms with Crippen LogP contribution < -0.4 is 9.47 Å². The molecule has 1 aromatic carbocycles. The van der Waals surface area contributed by atoms with E-state index in [9.17, 15) is 0 Å². The van der Waals surface area contributed by atoms with Gasteiger partial charge in [-0.15, -0.1) is 0 Å². The van der Waals surface area contributed by atoms with Crippen LogP contribution in [0.15, 0.2) is 36.9 Å². The van der Waals surface area contributed by atoms with Crippen molar-refractivity contribution in [2.45, 2.75) is 38.9 Å². The van der Waals surface area contributed by atoms with Gasteiger partial charge >= 0.3 is 0 Å². The summed E-state index contributed by atoms with van der Waals surface area (Å²) in [6, 6.07) is 5.88.